The highest BCUT2D eigenvalue weighted by molar-refractivity contribution is 9.10. The van der Waals surface area contributed by atoms with Crippen LogP contribution in [0.2, 0.25) is 0 Å². The maximum Gasteiger partial charge on any atom is 0.321 e. The smallest absolute Gasteiger partial charge is 0.321 e. The SMILES string of the molecule is CNC(=O)NC(=O)C(CC1CCCC1)c1ccc(S(C)(=O)=O)c(Br)c1. The van der Waals surface area contributed by atoms with Gasteiger partial charge >= 0.3 is 6.03 Å². The lowest BCUT2D eigenvalue weighted by atomic mass is 9.87. The first-order chi connectivity index (χ1) is 11.7. The van der Waals surface area contributed by atoms with Gasteiger partial charge in [0.05, 0.1) is 10.8 Å². The van der Waals surface area contributed by atoms with Crippen molar-refractivity contribution in [3.8, 4) is 0 Å². The molecule has 25 heavy (non-hydrogen) atoms. The second-order valence-corrected chi connectivity index (χ2v) is 9.31. The molecule has 0 bridgehead atoms. The molecule has 0 aliphatic heterocycles. The third-order valence-corrected chi connectivity index (χ3v) is 6.66. The molecule has 1 aromatic rings. The fraction of sp³-hybridized carbons (Fsp3) is 0.529. The summed E-state index contributed by atoms with van der Waals surface area (Å²) in [6.45, 7) is 0. The van der Waals surface area contributed by atoms with Gasteiger partial charge in [-0.2, -0.15) is 0 Å². The van der Waals surface area contributed by atoms with Gasteiger partial charge in [-0.15, -0.1) is 0 Å². The average Bonchev–Trinajstić information content (AvgIpc) is 3.04. The number of carbonyl (C=O) groups is 2. The second kappa shape index (κ2) is 8.31. The Labute approximate surface area is 156 Å². The van der Waals surface area contributed by atoms with Gasteiger partial charge in [0.1, 0.15) is 0 Å². The summed E-state index contributed by atoms with van der Waals surface area (Å²) in [6, 6.07) is 4.28. The molecule has 1 unspecified atom stereocenters. The van der Waals surface area contributed by atoms with Crippen molar-refractivity contribution in [3.63, 3.8) is 0 Å². The molecule has 1 saturated carbocycles. The Morgan fingerprint density at radius 3 is 2.44 bits per heavy atom. The Kier molecular flexibility index (Phi) is 6.62. The van der Waals surface area contributed by atoms with E-state index in [2.05, 4.69) is 26.6 Å². The van der Waals surface area contributed by atoms with E-state index >= 15 is 0 Å². The van der Waals surface area contributed by atoms with Gasteiger partial charge in [0.2, 0.25) is 5.91 Å². The molecule has 8 heteroatoms. The zero-order valence-electron chi connectivity index (χ0n) is 14.3. The first-order valence-electron chi connectivity index (χ1n) is 8.24. The Hall–Kier alpha value is -1.41. The van der Waals surface area contributed by atoms with Crippen molar-refractivity contribution in [3.05, 3.63) is 28.2 Å². The van der Waals surface area contributed by atoms with Crippen LogP contribution in [0.1, 0.15) is 43.6 Å². The molecular weight excluding hydrogens is 408 g/mol. The van der Waals surface area contributed by atoms with Crippen molar-refractivity contribution in [1.82, 2.24) is 10.6 Å². The summed E-state index contributed by atoms with van der Waals surface area (Å²) in [5.74, 6) is -0.427. The van der Waals surface area contributed by atoms with E-state index in [0.717, 1.165) is 31.9 Å². The summed E-state index contributed by atoms with van der Waals surface area (Å²) in [5, 5.41) is 4.72. The van der Waals surface area contributed by atoms with Crippen LogP contribution in [0.4, 0.5) is 4.79 Å². The van der Waals surface area contributed by atoms with Crippen LogP contribution in [0, 0.1) is 5.92 Å². The minimum absolute atomic E-state index is 0.183. The van der Waals surface area contributed by atoms with Gasteiger partial charge in [0.15, 0.2) is 9.84 Å². The predicted molar refractivity (Wildman–Crippen MR) is 99.2 cm³/mol. The first-order valence-corrected chi connectivity index (χ1v) is 10.9. The number of imide groups is 1. The summed E-state index contributed by atoms with van der Waals surface area (Å²) in [5.41, 5.74) is 0.701. The average molecular weight is 431 g/mol. The molecule has 1 atom stereocenters. The lowest BCUT2D eigenvalue weighted by Crippen LogP contribution is -2.40. The second-order valence-electron chi connectivity index (χ2n) is 6.47. The van der Waals surface area contributed by atoms with Crippen molar-refractivity contribution in [2.24, 2.45) is 5.92 Å². The van der Waals surface area contributed by atoms with E-state index in [1.165, 1.54) is 13.1 Å². The van der Waals surface area contributed by atoms with E-state index in [1.54, 1.807) is 12.1 Å². The van der Waals surface area contributed by atoms with Crippen LogP contribution < -0.4 is 10.6 Å². The predicted octanol–water partition coefficient (Wildman–Crippen LogP) is 2.97. The molecule has 6 nitrogen and oxygen atoms in total. The summed E-state index contributed by atoms with van der Waals surface area (Å²) in [6.07, 6.45) is 6.25. The molecule has 1 fully saturated rings. The number of urea groups is 1. The monoisotopic (exact) mass is 430 g/mol. The van der Waals surface area contributed by atoms with Gasteiger partial charge in [-0.3, -0.25) is 10.1 Å². The Morgan fingerprint density at radius 2 is 1.92 bits per heavy atom. The van der Waals surface area contributed by atoms with Crippen LogP contribution in [0.15, 0.2) is 27.6 Å². The lowest BCUT2D eigenvalue weighted by molar-refractivity contribution is -0.121. The number of nitrogens with one attached hydrogen (secondary N) is 2. The first kappa shape index (κ1) is 19.9. The lowest BCUT2D eigenvalue weighted by Gasteiger charge is -2.21. The van der Waals surface area contributed by atoms with E-state index in [1.807, 2.05) is 0 Å². The Bertz CT molecular complexity index is 758. The van der Waals surface area contributed by atoms with E-state index in [9.17, 15) is 18.0 Å². The number of carbonyl (C=O) groups excluding carboxylic acids is 2. The van der Waals surface area contributed by atoms with Crippen LogP contribution >= 0.6 is 15.9 Å². The van der Waals surface area contributed by atoms with Gasteiger partial charge in [0, 0.05) is 17.8 Å². The summed E-state index contributed by atoms with van der Waals surface area (Å²) >= 11 is 3.29. The maximum atomic E-state index is 12.6. The molecule has 3 amide bonds. The zero-order chi connectivity index (χ0) is 18.6. The number of hydrogen-bond acceptors (Lipinski definition) is 4. The molecule has 0 heterocycles. The van der Waals surface area contributed by atoms with Crippen molar-refractivity contribution in [2.75, 3.05) is 13.3 Å². The number of halogens is 1. The van der Waals surface area contributed by atoms with Gasteiger partial charge in [0.25, 0.3) is 0 Å². The molecule has 0 aromatic heterocycles. The Balaban J connectivity index is 2.31. The van der Waals surface area contributed by atoms with Crippen LogP contribution in [-0.2, 0) is 14.6 Å². The molecule has 0 spiro atoms. The van der Waals surface area contributed by atoms with Crippen molar-refractivity contribution in [1.29, 1.82) is 0 Å². The molecule has 1 aliphatic rings. The topological polar surface area (TPSA) is 92.3 Å². The van der Waals surface area contributed by atoms with Gasteiger partial charge in [-0.1, -0.05) is 31.7 Å². The highest BCUT2D eigenvalue weighted by atomic mass is 79.9. The minimum atomic E-state index is -3.35. The zero-order valence-corrected chi connectivity index (χ0v) is 16.7. The minimum Gasteiger partial charge on any atom is -0.341 e. The van der Waals surface area contributed by atoms with Crippen molar-refractivity contribution >= 4 is 37.7 Å². The van der Waals surface area contributed by atoms with Crippen molar-refractivity contribution < 1.29 is 18.0 Å². The van der Waals surface area contributed by atoms with Gasteiger partial charge in [-0.05, 0) is 46.0 Å². The standard InChI is InChI=1S/C17H23BrN2O4S/c1-19-17(22)20-16(21)13(9-11-5-3-4-6-11)12-7-8-15(14(18)10-12)25(2,23)24/h7-8,10-11,13H,3-6,9H2,1-2H3,(H2,19,20,21,22). The van der Waals surface area contributed by atoms with Crippen LogP contribution in [0.5, 0.6) is 0 Å². The summed E-state index contributed by atoms with van der Waals surface area (Å²) in [7, 11) is -1.90. The highest BCUT2D eigenvalue weighted by Crippen LogP contribution is 2.36. The van der Waals surface area contributed by atoms with E-state index < -0.39 is 21.8 Å². The number of hydrogen-bond donors (Lipinski definition) is 2. The molecule has 0 radical (unpaired) electrons. The molecule has 0 saturated heterocycles. The summed E-state index contributed by atoms with van der Waals surface area (Å²) < 4.78 is 24.0. The number of benzene rings is 1. The van der Waals surface area contributed by atoms with Crippen LogP contribution in [0.3, 0.4) is 0 Å². The molecule has 138 valence electrons. The number of amides is 3. The Morgan fingerprint density at radius 1 is 1.28 bits per heavy atom. The molecule has 2 rings (SSSR count). The molecule has 2 N–H and O–H groups in total. The van der Waals surface area contributed by atoms with Gasteiger partial charge in [-0.25, -0.2) is 13.2 Å². The highest BCUT2D eigenvalue weighted by Gasteiger charge is 2.28. The fourth-order valence-corrected chi connectivity index (χ4v) is 5.28. The number of rotatable bonds is 5. The molecule has 1 aromatic carbocycles. The number of sulfone groups is 1. The fourth-order valence-electron chi connectivity index (χ4n) is 3.27. The normalized spacial score (nSPS) is 16.4. The quantitative estimate of drug-likeness (QED) is 0.750. The van der Waals surface area contributed by atoms with Crippen LogP contribution in [-0.4, -0.2) is 33.7 Å². The largest absolute Gasteiger partial charge is 0.341 e. The van der Waals surface area contributed by atoms with E-state index in [4.69, 9.17) is 0 Å². The van der Waals surface area contributed by atoms with E-state index in [-0.39, 0.29) is 10.8 Å². The van der Waals surface area contributed by atoms with E-state index in [0.29, 0.717) is 22.4 Å². The maximum absolute atomic E-state index is 12.6. The van der Waals surface area contributed by atoms with Crippen LogP contribution in [0.25, 0.3) is 0 Å². The molecular formula is C17H23BrN2O4S. The third-order valence-electron chi connectivity index (χ3n) is 4.58. The van der Waals surface area contributed by atoms with Gasteiger partial charge < -0.3 is 5.32 Å². The van der Waals surface area contributed by atoms with Crippen molar-refractivity contribution in [2.45, 2.75) is 42.9 Å². The summed E-state index contributed by atoms with van der Waals surface area (Å²) in [4.78, 5) is 24.3. The third kappa shape index (κ3) is 5.28. The molecule has 1 aliphatic carbocycles.